The first-order chi connectivity index (χ1) is 6.74. The topological polar surface area (TPSA) is 35.2 Å². The Morgan fingerprint density at radius 1 is 1.43 bits per heavy atom. The highest BCUT2D eigenvalue weighted by Crippen LogP contribution is 2.04. The number of rotatable bonds is 4. The highest BCUT2D eigenvalue weighted by Gasteiger charge is 2.09. The van der Waals surface area contributed by atoms with Crippen LogP contribution in [0.2, 0.25) is 0 Å². The van der Waals surface area contributed by atoms with Crippen LogP contribution < -0.4 is 5.73 Å². The lowest BCUT2D eigenvalue weighted by Gasteiger charge is -2.15. The van der Waals surface area contributed by atoms with Gasteiger partial charge in [0.1, 0.15) is 0 Å². The molecular weight excluding hydrogens is 174 g/mol. The third-order valence-corrected chi connectivity index (χ3v) is 2.05. The first-order valence-corrected chi connectivity index (χ1v) is 4.61. The summed E-state index contributed by atoms with van der Waals surface area (Å²) in [6, 6.07) is 9.61. The second kappa shape index (κ2) is 5.43. The van der Waals surface area contributed by atoms with E-state index in [1.165, 1.54) is 0 Å². The standard InChI is InChI=1S/C12H15NO/c1-3-12(13)10(2)14-9-11-7-5-4-6-8-11/h1,4-8,10,12H,9,13H2,2H3/t10-,12-/m1/s1. The molecule has 0 radical (unpaired) electrons. The SMILES string of the molecule is C#C[C@@H](N)[C@@H](C)OCc1ccccc1. The molecule has 1 aromatic carbocycles. The smallest absolute Gasteiger partial charge is 0.0925 e. The lowest BCUT2D eigenvalue weighted by atomic mass is 10.2. The second-order valence-corrected chi connectivity index (χ2v) is 3.19. The van der Waals surface area contributed by atoms with Crippen LogP contribution in [-0.4, -0.2) is 12.1 Å². The molecule has 0 aliphatic rings. The maximum Gasteiger partial charge on any atom is 0.0925 e. The van der Waals surface area contributed by atoms with Crippen LogP contribution in [0.4, 0.5) is 0 Å². The summed E-state index contributed by atoms with van der Waals surface area (Å²) in [5, 5.41) is 0. The van der Waals surface area contributed by atoms with E-state index in [2.05, 4.69) is 5.92 Å². The number of hydrogen-bond donors (Lipinski definition) is 1. The van der Waals surface area contributed by atoms with Gasteiger partial charge in [-0.2, -0.15) is 0 Å². The lowest BCUT2D eigenvalue weighted by Crippen LogP contribution is -2.32. The lowest BCUT2D eigenvalue weighted by molar-refractivity contribution is 0.0470. The molecule has 2 heteroatoms. The Kier molecular flexibility index (Phi) is 4.18. The number of ether oxygens (including phenoxy) is 1. The van der Waals surface area contributed by atoms with E-state index in [0.717, 1.165) is 5.56 Å². The average molecular weight is 189 g/mol. The number of nitrogens with two attached hydrogens (primary N) is 1. The van der Waals surface area contributed by atoms with Gasteiger partial charge in [0.05, 0.1) is 18.8 Å². The molecule has 1 rings (SSSR count). The first-order valence-electron chi connectivity index (χ1n) is 4.61. The van der Waals surface area contributed by atoms with Gasteiger partial charge in [-0.15, -0.1) is 6.42 Å². The molecule has 0 saturated carbocycles. The van der Waals surface area contributed by atoms with E-state index in [1.807, 2.05) is 37.3 Å². The van der Waals surface area contributed by atoms with Crippen LogP contribution in [0.3, 0.4) is 0 Å². The largest absolute Gasteiger partial charge is 0.371 e. The van der Waals surface area contributed by atoms with Crippen LogP contribution >= 0.6 is 0 Å². The van der Waals surface area contributed by atoms with E-state index in [1.54, 1.807) is 0 Å². The highest BCUT2D eigenvalue weighted by atomic mass is 16.5. The normalized spacial score (nSPS) is 14.4. The van der Waals surface area contributed by atoms with Crippen molar-refractivity contribution in [2.45, 2.75) is 25.7 Å². The molecule has 2 nitrogen and oxygen atoms in total. The second-order valence-electron chi connectivity index (χ2n) is 3.19. The van der Waals surface area contributed by atoms with E-state index in [4.69, 9.17) is 16.9 Å². The molecule has 0 spiro atoms. The van der Waals surface area contributed by atoms with Gasteiger partial charge in [0, 0.05) is 0 Å². The molecule has 0 unspecified atom stereocenters. The molecule has 74 valence electrons. The molecule has 0 heterocycles. The molecule has 0 aromatic heterocycles. The molecule has 0 saturated heterocycles. The van der Waals surface area contributed by atoms with E-state index in [9.17, 15) is 0 Å². The van der Waals surface area contributed by atoms with Crippen LogP contribution in [0.15, 0.2) is 30.3 Å². The van der Waals surface area contributed by atoms with E-state index in [-0.39, 0.29) is 12.1 Å². The fourth-order valence-corrected chi connectivity index (χ4v) is 1.04. The van der Waals surface area contributed by atoms with Crippen molar-refractivity contribution in [2.24, 2.45) is 5.73 Å². The van der Waals surface area contributed by atoms with Crippen LogP contribution in [0.25, 0.3) is 0 Å². The van der Waals surface area contributed by atoms with E-state index >= 15 is 0 Å². The fraction of sp³-hybridized carbons (Fsp3) is 0.333. The minimum Gasteiger partial charge on any atom is -0.371 e. The Bertz CT molecular complexity index is 302. The van der Waals surface area contributed by atoms with Gasteiger partial charge in [0.2, 0.25) is 0 Å². The summed E-state index contributed by atoms with van der Waals surface area (Å²) in [6.07, 6.45) is 5.08. The minimum absolute atomic E-state index is 0.111. The summed E-state index contributed by atoms with van der Waals surface area (Å²) in [7, 11) is 0. The van der Waals surface area contributed by atoms with Crippen LogP contribution in [0.5, 0.6) is 0 Å². The van der Waals surface area contributed by atoms with Crippen molar-refractivity contribution in [3.63, 3.8) is 0 Å². The Labute approximate surface area is 85.1 Å². The molecule has 2 atom stereocenters. The Balaban J connectivity index is 2.39. The maximum atomic E-state index is 5.62. The molecule has 14 heavy (non-hydrogen) atoms. The fourth-order valence-electron chi connectivity index (χ4n) is 1.04. The van der Waals surface area contributed by atoms with E-state index < -0.39 is 0 Å². The summed E-state index contributed by atoms with van der Waals surface area (Å²) in [6.45, 7) is 2.44. The number of hydrogen-bond acceptors (Lipinski definition) is 2. The Hall–Kier alpha value is -1.30. The van der Waals surface area contributed by atoms with Crippen molar-refractivity contribution in [1.82, 2.24) is 0 Å². The van der Waals surface area contributed by atoms with Gasteiger partial charge in [-0.05, 0) is 12.5 Å². The maximum absolute atomic E-state index is 5.62. The predicted molar refractivity (Wildman–Crippen MR) is 57.5 cm³/mol. The average Bonchev–Trinajstić information content (AvgIpc) is 2.26. The van der Waals surface area contributed by atoms with Crippen LogP contribution in [0.1, 0.15) is 12.5 Å². The zero-order valence-electron chi connectivity index (χ0n) is 8.31. The molecule has 0 fully saturated rings. The van der Waals surface area contributed by atoms with Crippen LogP contribution in [-0.2, 0) is 11.3 Å². The summed E-state index contributed by atoms with van der Waals surface area (Å²) < 4.78 is 5.51. The molecule has 2 N–H and O–H groups in total. The van der Waals surface area contributed by atoms with Gasteiger partial charge in [0.15, 0.2) is 0 Å². The Morgan fingerprint density at radius 3 is 2.64 bits per heavy atom. The summed E-state index contributed by atoms with van der Waals surface area (Å²) in [5.41, 5.74) is 6.75. The number of terminal acetylenes is 1. The van der Waals surface area contributed by atoms with Gasteiger partial charge >= 0.3 is 0 Å². The third-order valence-electron chi connectivity index (χ3n) is 2.05. The third kappa shape index (κ3) is 3.21. The zero-order chi connectivity index (χ0) is 10.4. The Morgan fingerprint density at radius 2 is 2.07 bits per heavy atom. The van der Waals surface area contributed by atoms with Gasteiger partial charge < -0.3 is 10.5 Å². The molecule has 1 aromatic rings. The molecule has 0 aliphatic heterocycles. The first kappa shape index (κ1) is 10.8. The van der Waals surface area contributed by atoms with Gasteiger partial charge in [-0.25, -0.2) is 0 Å². The predicted octanol–water partition coefficient (Wildman–Crippen LogP) is 1.55. The van der Waals surface area contributed by atoms with E-state index in [0.29, 0.717) is 6.61 Å². The van der Waals surface area contributed by atoms with Crippen molar-refractivity contribution >= 4 is 0 Å². The summed E-state index contributed by atoms with van der Waals surface area (Å²) in [4.78, 5) is 0. The van der Waals surface area contributed by atoms with Gasteiger partial charge in [-0.3, -0.25) is 0 Å². The molecule has 0 amide bonds. The van der Waals surface area contributed by atoms with Gasteiger partial charge in [0.25, 0.3) is 0 Å². The van der Waals surface area contributed by atoms with Crippen molar-refractivity contribution in [1.29, 1.82) is 0 Å². The molecule has 0 bridgehead atoms. The highest BCUT2D eigenvalue weighted by molar-refractivity contribution is 5.13. The van der Waals surface area contributed by atoms with Gasteiger partial charge in [-0.1, -0.05) is 36.3 Å². The molecular formula is C12H15NO. The molecule has 0 aliphatic carbocycles. The number of benzene rings is 1. The van der Waals surface area contributed by atoms with Crippen molar-refractivity contribution < 1.29 is 4.74 Å². The monoisotopic (exact) mass is 189 g/mol. The minimum atomic E-state index is -0.335. The van der Waals surface area contributed by atoms with Crippen molar-refractivity contribution in [3.05, 3.63) is 35.9 Å². The quantitative estimate of drug-likeness (QED) is 0.729. The van der Waals surface area contributed by atoms with Crippen LogP contribution in [0, 0.1) is 12.3 Å². The van der Waals surface area contributed by atoms with Crippen molar-refractivity contribution in [2.75, 3.05) is 0 Å². The zero-order valence-corrected chi connectivity index (χ0v) is 8.31. The summed E-state index contributed by atoms with van der Waals surface area (Å²) >= 11 is 0. The van der Waals surface area contributed by atoms with Crippen molar-refractivity contribution in [3.8, 4) is 12.3 Å². The summed E-state index contributed by atoms with van der Waals surface area (Å²) in [5.74, 6) is 2.45.